The summed E-state index contributed by atoms with van der Waals surface area (Å²) in [6, 6.07) is 0.724. The first kappa shape index (κ1) is 6.85. The largest absolute Gasteiger partial charge is 0.445 e. The normalized spacial score (nSPS) is 17.2. The molecule has 1 aromatic heterocycles. The van der Waals surface area contributed by atoms with Gasteiger partial charge in [-0.25, -0.2) is 4.98 Å². The number of hydrogen-bond donors (Lipinski definition) is 1. The molecule has 1 saturated carbocycles. The predicted octanol–water partition coefficient (Wildman–Crippen LogP) is 1.24. The second-order valence-electron chi connectivity index (χ2n) is 3.02. The molecule has 0 atom stereocenters. The van der Waals surface area contributed by atoms with Crippen LogP contribution in [0, 0.1) is 6.92 Å². The first-order chi connectivity index (χ1) is 5.34. The predicted molar refractivity (Wildman–Crippen MR) is 41.1 cm³/mol. The third-order valence-corrected chi connectivity index (χ3v) is 1.79. The number of aryl methyl sites for hydroxylation is 1. The number of hydrogen-bond acceptors (Lipinski definition) is 3. The summed E-state index contributed by atoms with van der Waals surface area (Å²) in [6.07, 6.45) is 4.36. The molecule has 0 amide bonds. The maximum atomic E-state index is 5.29. The van der Waals surface area contributed by atoms with Crippen molar-refractivity contribution >= 4 is 0 Å². The number of nitrogens with one attached hydrogen (secondary N) is 1. The van der Waals surface area contributed by atoms with Gasteiger partial charge in [-0.3, -0.25) is 0 Å². The van der Waals surface area contributed by atoms with Gasteiger partial charge in [0.1, 0.15) is 5.76 Å². The van der Waals surface area contributed by atoms with Gasteiger partial charge in [-0.05, 0) is 19.8 Å². The Morgan fingerprint density at radius 2 is 2.55 bits per heavy atom. The zero-order valence-electron chi connectivity index (χ0n) is 6.63. The van der Waals surface area contributed by atoms with E-state index in [1.165, 1.54) is 12.8 Å². The summed E-state index contributed by atoms with van der Waals surface area (Å²) in [5.41, 5.74) is 0. The lowest BCUT2D eigenvalue weighted by atomic mass is 10.6. The van der Waals surface area contributed by atoms with Crippen molar-refractivity contribution in [3.05, 3.63) is 17.8 Å². The van der Waals surface area contributed by atoms with Crippen LogP contribution < -0.4 is 5.32 Å². The van der Waals surface area contributed by atoms with Crippen LogP contribution in [-0.4, -0.2) is 11.0 Å². The van der Waals surface area contributed by atoms with Crippen LogP contribution in [0.4, 0.5) is 0 Å². The van der Waals surface area contributed by atoms with Crippen molar-refractivity contribution in [1.82, 2.24) is 10.3 Å². The Balaban J connectivity index is 1.85. The van der Waals surface area contributed by atoms with Crippen LogP contribution >= 0.6 is 0 Å². The van der Waals surface area contributed by atoms with Gasteiger partial charge in [-0.2, -0.15) is 0 Å². The molecule has 0 bridgehead atoms. The lowest BCUT2D eigenvalue weighted by molar-refractivity contribution is 0.448. The minimum Gasteiger partial charge on any atom is -0.445 e. The van der Waals surface area contributed by atoms with E-state index in [2.05, 4.69) is 10.3 Å². The van der Waals surface area contributed by atoms with Crippen LogP contribution in [0.2, 0.25) is 0 Å². The molecule has 0 radical (unpaired) electrons. The minimum atomic E-state index is 0.724. The van der Waals surface area contributed by atoms with Crippen LogP contribution in [0.3, 0.4) is 0 Å². The van der Waals surface area contributed by atoms with Gasteiger partial charge in [0.05, 0.1) is 12.7 Å². The highest BCUT2D eigenvalue weighted by atomic mass is 16.4. The lowest BCUT2D eigenvalue weighted by Crippen LogP contribution is -2.15. The number of aromatic nitrogens is 1. The van der Waals surface area contributed by atoms with E-state index in [-0.39, 0.29) is 0 Å². The molecule has 3 heteroatoms. The summed E-state index contributed by atoms with van der Waals surface area (Å²) in [5, 5.41) is 3.33. The Labute approximate surface area is 65.8 Å². The average molecular weight is 152 g/mol. The fourth-order valence-corrected chi connectivity index (χ4v) is 1.00. The maximum absolute atomic E-state index is 5.29. The van der Waals surface area contributed by atoms with Gasteiger partial charge in [0.15, 0.2) is 0 Å². The molecule has 0 aromatic carbocycles. The molecule has 3 nitrogen and oxygen atoms in total. The number of rotatable bonds is 3. The fraction of sp³-hybridized carbons (Fsp3) is 0.625. The van der Waals surface area contributed by atoms with Gasteiger partial charge in [0.2, 0.25) is 5.89 Å². The maximum Gasteiger partial charge on any atom is 0.208 e. The lowest BCUT2D eigenvalue weighted by Gasteiger charge is -1.95. The van der Waals surface area contributed by atoms with Crippen LogP contribution in [0.15, 0.2) is 10.6 Å². The van der Waals surface area contributed by atoms with Gasteiger partial charge >= 0.3 is 0 Å². The second-order valence-corrected chi connectivity index (χ2v) is 3.02. The number of nitrogens with zero attached hydrogens (tertiary/aromatic N) is 1. The highest BCUT2D eigenvalue weighted by Crippen LogP contribution is 2.19. The van der Waals surface area contributed by atoms with Crippen molar-refractivity contribution in [2.45, 2.75) is 32.4 Å². The van der Waals surface area contributed by atoms with E-state index < -0.39 is 0 Å². The third kappa shape index (κ3) is 1.80. The van der Waals surface area contributed by atoms with Crippen molar-refractivity contribution in [1.29, 1.82) is 0 Å². The van der Waals surface area contributed by atoms with E-state index in [1.54, 1.807) is 6.20 Å². The molecule has 2 rings (SSSR count). The molecule has 1 N–H and O–H groups in total. The summed E-state index contributed by atoms with van der Waals surface area (Å²) in [7, 11) is 0. The van der Waals surface area contributed by atoms with Gasteiger partial charge < -0.3 is 9.73 Å². The summed E-state index contributed by atoms with van der Waals surface area (Å²) in [5.74, 6) is 1.69. The molecule has 0 spiro atoms. The highest BCUT2D eigenvalue weighted by Gasteiger charge is 2.20. The van der Waals surface area contributed by atoms with Gasteiger partial charge in [0.25, 0.3) is 0 Å². The molecule has 1 aliphatic rings. The molecule has 0 aliphatic heterocycles. The molecule has 60 valence electrons. The van der Waals surface area contributed by atoms with Crippen molar-refractivity contribution in [2.24, 2.45) is 0 Å². The Hall–Kier alpha value is -0.830. The van der Waals surface area contributed by atoms with Crippen LogP contribution in [0.25, 0.3) is 0 Å². The molecule has 1 heterocycles. The molecule has 1 aromatic rings. The Kier molecular flexibility index (Phi) is 1.66. The smallest absolute Gasteiger partial charge is 0.208 e. The van der Waals surface area contributed by atoms with E-state index in [0.717, 1.165) is 24.2 Å². The first-order valence-electron chi connectivity index (χ1n) is 3.99. The van der Waals surface area contributed by atoms with Crippen molar-refractivity contribution in [3.8, 4) is 0 Å². The summed E-state index contributed by atoms with van der Waals surface area (Å²) >= 11 is 0. The highest BCUT2D eigenvalue weighted by molar-refractivity contribution is 4.91. The van der Waals surface area contributed by atoms with Gasteiger partial charge in [-0.1, -0.05) is 0 Å². The Morgan fingerprint density at radius 1 is 1.73 bits per heavy atom. The molecular formula is C8H12N2O. The summed E-state index contributed by atoms with van der Waals surface area (Å²) < 4.78 is 5.29. The standard InChI is InChI=1S/C8H12N2O/c1-6-4-10-8(11-6)5-9-7-2-3-7/h4,7,9H,2-3,5H2,1H3. The third-order valence-electron chi connectivity index (χ3n) is 1.79. The first-order valence-corrected chi connectivity index (χ1v) is 3.99. The van der Waals surface area contributed by atoms with E-state index in [9.17, 15) is 0 Å². The van der Waals surface area contributed by atoms with Crippen molar-refractivity contribution < 1.29 is 4.42 Å². The zero-order valence-corrected chi connectivity index (χ0v) is 6.63. The van der Waals surface area contributed by atoms with E-state index >= 15 is 0 Å². The molecule has 11 heavy (non-hydrogen) atoms. The molecule has 1 fully saturated rings. The van der Waals surface area contributed by atoms with Crippen molar-refractivity contribution in [3.63, 3.8) is 0 Å². The van der Waals surface area contributed by atoms with Crippen molar-refractivity contribution in [2.75, 3.05) is 0 Å². The molecular weight excluding hydrogens is 140 g/mol. The Morgan fingerprint density at radius 3 is 3.09 bits per heavy atom. The SMILES string of the molecule is Cc1cnc(CNC2CC2)o1. The van der Waals surface area contributed by atoms with Crippen LogP contribution in [-0.2, 0) is 6.54 Å². The zero-order chi connectivity index (χ0) is 7.68. The topological polar surface area (TPSA) is 38.1 Å². The van der Waals surface area contributed by atoms with Gasteiger partial charge in [-0.15, -0.1) is 0 Å². The van der Waals surface area contributed by atoms with Crippen LogP contribution in [0.5, 0.6) is 0 Å². The molecule has 0 saturated heterocycles. The van der Waals surface area contributed by atoms with Crippen LogP contribution in [0.1, 0.15) is 24.5 Å². The minimum absolute atomic E-state index is 0.724. The monoisotopic (exact) mass is 152 g/mol. The number of oxazole rings is 1. The van der Waals surface area contributed by atoms with E-state index in [4.69, 9.17) is 4.42 Å². The Bertz CT molecular complexity index is 240. The molecule has 0 unspecified atom stereocenters. The fourth-order valence-electron chi connectivity index (χ4n) is 1.00. The average Bonchev–Trinajstić information content (AvgIpc) is 2.72. The van der Waals surface area contributed by atoms with E-state index in [1.807, 2.05) is 6.92 Å². The summed E-state index contributed by atoms with van der Waals surface area (Å²) in [4.78, 5) is 4.09. The van der Waals surface area contributed by atoms with E-state index in [0.29, 0.717) is 0 Å². The quantitative estimate of drug-likeness (QED) is 0.708. The summed E-state index contributed by atoms with van der Waals surface area (Å²) in [6.45, 7) is 2.69. The molecule has 1 aliphatic carbocycles. The second kappa shape index (κ2) is 2.66. The van der Waals surface area contributed by atoms with Gasteiger partial charge in [0, 0.05) is 6.04 Å².